The van der Waals surface area contributed by atoms with Crippen LogP contribution in [-0.2, 0) is 0 Å². The van der Waals surface area contributed by atoms with E-state index in [0.717, 1.165) is 5.01 Å². The number of primary amides is 1. The highest BCUT2D eigenvalue weighted by molar-refractivity contribution is 6.42. The number of aromatic nitrogens is 1. The largest absolute Gasteiger partial charge is 0.493 e. The van der Waals surface area contributed by atoms with Crippen molar-refractivity contribution in [2.75, 3.05) is 19.2 Å². The summed E-state index contributed by atoms with van der Waals surface area (Å²) >= 11 is 12.0. The smallest absolute Gasteiger partial charge is 0.338 e. The zero-order valence-electron chi connectivity index (χ0n) is 18.7. The van der Waals surface area contributed by atoms with Gasteiger partial charge >= 0.3 is 6.03 Å². The predicted molar refractivity (Wildman–Crippen MR) is 136 cm³/mol. The highest BCUT2D eigenvalue weighted by Gasteiger charge is 2.21. The average molecular weight is 511 g/mol. The molecule has 35 heavy (non-hydrogen) atoms. The number of methoxy groups -OCH3 is 2. The summed E-state index contributed by atoms with van der Waals surface area (Å²) in [4.78, 5) is 30.3. The van der Waals surface area contributed by atoms with Crippen molar-refractivity contribution in [2.24, 2.45) is 5.73 Å². The summed E-state index contributed by atoms with van der Waals surface area (Å²) in [7, 11) is 3.09. The summed E-state index contributed by atoms with van der Waals surface area (Å²) in [6, 6.07) is 17.7. The first kappa shape index (κ1) is 24.1. The number of pyridine rings is 1. The van der Waals surface area contributed by atoms with Gasteiger partial charge in [-0.05, 0) is 48.5 Å². The number of anilines is 1. The van der Waals surface area contributed by atoms with Gasteiger partial charge in [0.05, 0.1) is 46.7 Å². The summed E-state index contributed by atoms with van der Waals surface area (Å²) in [6.07, 6.45) is 0. The average Bonchev–Trinajstić information content (AvgIpc) is 2.87. The molecule has 1 aromatic heterocycles. The Balaban J connectivity index is 1.78. The van der Waals surface area contributed by atoms with E-state index in [1.54, 1.807) is 43.5 Å². The number of nitrogens with two attached hydrogens (primary N) is 1. The van der Waals surface area contributed by atoms with Gasteiger partial charge in [0.25, 0.3) is 5.91 Å². The second kappa shape index (κ2) is 10.1. The number of rotatable bonds is 5. The molecule has 0 fully saturated rings. The van der Waals surface area contributed by atoms with E-state index in [4.69, 9.17) is 43.4 Å². The zero-order chi connectivity index (χ0) is 25.1. The Labute approximate surface area is 211 Å². The minimum atomic E-state index is -0.907. The SMILES string of the molecule is COc1ccc(-c2cc(C(=O)NN(C(N)=O)c3ccc(Cl)c(Cl)c3)c3ccccc3n2)cc1OC. The Morgan fingerprint density at radius 2 is 1.66 bits per heavy atom. The molecule has 0 saturated heterocycles. The van der Waals surface area contributed by atoms with Gasteiger partial charge in [0.1, 0.15) is 0 Å². The van der Waals surface area contributed by atoms with Gasteiger partial charge in [-0.3, -0.25) is 10.2 Å². The summed E-state index contributed by atoms with van der Waals surface area (Å²) in [6.45, 7) is 0. The monoisotopic (exact) mass is 510 g/mol. The molecule has 4 aromatic rings. The van der Waals surface area contributed by atoms with Crippen molar-refractivity contribution in [3.63, 3.8) is 0 Å². The number of nitrogens with one attached hydrogen (secondary N) is 1. The predicted octanol–water partition coefficient (Wildman–Crippen LogP) is 5.46. The third-order valence-corrected chi connectivity index (χ3v) is 5.97. The first-order valence-corrected chi connectivity index (χ1v) is 11.1. The Morgan fingerprint density at radius 3 is 2.34 bits per heavy atom. The number of benzene rings is 3. The van der Waals surface area contributed by atoms with Crippen molar-refractivity contribution >= 4 is 51.7 Å². The molecule has 0 spiro atoms. The molecule has 0 aliphatic carbocycles. The number of hydrogen-bond acceptors (Lipinski definition) is 5. The van der Waals surface area contributed by atoms with Crippen molar-refractivity contribution in [3.05, 3.63) is 82.3 Å². The standard InChI is InChI=1S/C25H20Cl2N4O4/c1-34-22-10-7-14(11-23(22)35-2)21-13-17(16-5-3-4-6-20(16)29-21)24(32)30-31(25(28)33)15-8-9-18(26)19(27)12-15/h3-13H,1-2H3,(H2,28,33)(H,30,32). The number of para-hydroxylation sites is 1. The number of halogens is 2. The van der Waals surface area contributed by atoms with Crippen LogP contribution in [0, 0.1) is 0 Å². The number of urea groups is 1. The number of ether oxygens (including phenoxy) is 2. The number of fused-ring (bicyclic) bond motifs is 1. The quantitative estimate of drug-likeness (QED) is 0.347. The van der Waals surface area contributed by atoms with E-state index in [0.29, 0.717) is 38.7 Å². The van der Waals surface area contributed by atoms with Crippen molar-refractivity contribution in [2.45, 2.75) is 0 Å². The van der Waals surface area contributed by atoms with Crippen molar-refractivity contribution < 1.29 is 19.1 Å². The van der Waals surface area contributed by atoms with E-state index in [1.807, 2.05) is 12.1 Å². The van der Waals surface area contributed by atoms with E-state index in [2.05, 4.69) is 5.43 Å². The maximum atomic E-state index is 13.4. The van der Waals surface area contributed by atoms with Gasteiger partial charge in [0.2, 0.25) is 0 Å². The number of nitrogens with zero attached hydrogens (tertiary/aromatic N) is 2. The molecule has 0 bridgehead atoms. The molecule has 3 aromatic carbocycles. The highest BCUT2D eigenvalue weighted by atomic mass is 35.5. The first-order chi connectivity index (χ1) is 16.8. The minimum absolute atomic E-state index is 0.203. The van der Waals surface area contributed by atoms with Crippen LogP contribution in [0.5, 0.6) is 11.5 Å². The van der Waals surface area contributed by atoms with Gasteiger partial charge in [0.15, 0.2) is 11.5 Å². The van der Waals surface area contributed by atoms with Gasteiger partial charge in [-0.15, -0.1) is 0 Å². The molecule has 0 saturated carbocycles. The lowest BCUT2D eigenvalue weighted by atomic mass is 10.0. The molecule has 4 rings (SSSR count). The van der Waals surface area contributed by atoms with Crippen LogP contribution in [-0.4, -0.2) is 31.1 Å². The fourth-order valence-corrected chi connectivity index (χ4v) is 3.83. The van der Waals surface area contributed by atoms with Gasteiger partial charge in [0, 0.05) is 10.9 Å². The Bertz CT molecular complexity index is 1440. The van der Waals surface area contributed by atoms with Crippen molar-refractivity contribution in [1.82, 2.24) is 10.4 Å². The summed E-state index contributed by atoms with van der Waals surface area (Å²) < 4.78 is 10.7. The molecule has 0 unspecified atom stereocenters. The van der Waals surface area contributed by atoms with E-state index in [9.17, 15) is 9.59 Å². The maximum absolute atomic E-state index is 13.4. The zero-order valence-corrected chi connectivity index (χ0v) is 20.2. The molecule has 178 valence electrons. The molecule has 0 aliphatic rings. The number of hydrazine groups is 1. The molecule has 1 heterocycles. The highest BCUT2D eigenvalue weighted by Crippen LogP contribution is 2.33. The lowest BCUT2D eigenvalue weighted by Gasteiger charge is -2.22. The third-order valence-electron chi connectivity index (χ3n) is 5.24. The first-order valence-electron chi connectivity index (χ1n) is 10.3. The van der Waals surface area contributed by atoms with Crippen LogP contribution in [0.1, 0.15) is 10.4 Å². The fraction of sp³-hybridized carbons (Fsp3) is 0.0800. The Kier molecular flexibility index (Phi) is 6.95. The molecule has 0 aliphatic heterocycles. The molecule has 10 heteroatoms. The van der Waals surface area contributed by atoms with Gasteiger partial charge < -0.3 is 15.2 Å². The second-order valence-corrected chi connectivity index (χ2v) is 8.17. The van der Waals surface area contributed by atoms with Gasteiger partial charge in [-0.25, -0.2) is 14.8 Å². The second-order valence-electron chi connectivity index (χ2n) is 7.35. The van der Waals surface area contributed by atoms with E-state index in [-0.39, 0.29) is 16.3 Å². The summed E-state index contributed by atoms with van der Waals surface area (Å²) in [5.74, 6) is 0.509. The summed E-state index contributed by atoms with van der Waals surface area (Å²) in [5, 5.41) is 1.99. The van der Waals surface area contributed by atoms with Crippen LogP contribution in [0.4, 0.5) is 10.5 Å². The van der Waals surface area contributed by atoms with Crippen molar-refractivity contribution in [1.29, 1.82) is 0 Å². The Morgan fingerprint density at radius 1 is 0.914 bits per heavy atom. The van der Waals surface area contributed by atoms with E-state index in [1.165, 1.54) is 25.3 Å². The maximum Gasteiger partial charge on any atom is 0.338 e. The van der Waals surface area contributed by atoms with Crippen molar-refractivity contribution in [3.8, 4) is 22.8 Å². The molecule has 0 radical (unpaired) electrons. The van der Waals surface area contributed by atoms with Crippen LogP contribution >= 0.6 is 23.2 Å². The molecular formula is C25H20Cl2N4O4. The lowest BCUT2D eigenvalue weighted by Crippen LogP contribution is -2.49. The fourth-order valence-electron chi connectivity index (χ4n) is 3.54. The van der Waals surface area contributed by atoms with E-state index < -0.39 is 11.9 Å². The lowest BCUT2D eigenvalue weighted by molar-refractivity contribution is 0.0952. The van der Waals surface area contributed by atoms with Gasteiger partial charge in [-0.2, -0.15) is 0 Å². The van der Waals surface area contributed by atoms with Crippen LogP contribution in [0.25, 0.3) is 22.2 Å². The third kappa shape index (κ3) is 4.94. The van der Waals surface area contributed by atoms with Crippen LogP contribution < -0.4 is 25.6 Å². The number of carbonyl (C=O) groups excluding carboxylic acids is 2. The normalized spacial score (nSPS) is 10.6. The molecule has 0 atom stereocenters. The van der Waals surface area contributed by atoms with Crippen LogP contribution in [0.2, 0.25) is 10.0 Å². The number of amides is 3. The molecule has 3 N–H and O–H groups in total. The topological polar surface area (TPSA) is 107 Å². The Hall–Kier alpha value is -4.01. The van der Waals surface area contributed by atoms with Gasteiger partial charge in [-0.1, -0.05) is 41.4 Å². The van der Waals surface area contributed by atoms with Crippen LogP contribution in [0.3, 0.4) is 0 Å². The van der Waals surface area contributed by atoms with E-state index >= 15 is 0 Å². The number of carbonyl (C=O) groups is 2. The van der Waals surface area contributed by atoms with Crippen LogP contribution in [0.15, 0.2) is 66.7 Å². The summed E-state index contributed by atoms with van der Waals surface area (Å²) in [5.41, 5.74) is 10.4. The number of hydrogen-bond donors (Lipinski definition) is 2. The molecule has 3 amide bonds. The molecular weight excluding hydrogens is 491 g/mol. The minimum Gasteiger partial charge on any atom is -0.493 e. The molecule has 8 nitrogen and oxygen atoms in total.